The fourth-order valence-corrected chi connectivity index (χ4v) is 5.81. The van der Waals surface area contributed by atoms with Gasteiger partial charge in [-0.3, -0.25) is 8.80 Å². The highest BCUT2D eigenvalue weighted by molar-refractivity contribution is 7.15. The fourth-order valence-electron chi connectivity index (χ4n) is 4.26. The highest BCUT2D eigenvalue weighted by atomic mass is 32.1. The Hall–Kier alpha value is -3.22. The van der Waals surface area contributed by atoms with Crippen LogP contribution in [0.4, 0.5) is 0 Å². The van der Waals surface area contributed by atoms with Crippen molar-refractivity contribution in [1.29, 1.82) is 0 Å². The van der Waals surface area contributed by atoms with Gasteiger partial charge in [-0.05, 0) is 73.7 Å². The molecule has 4 nitrogen and oxygen atoms in total. The van der Waals surface area contributed by atoms with Gasteiger partial charge in [0.25, 0.3) is 0 Å². The predicted octanol–water partition coefficient (Wildman–Crippen LogP) is 7.34. The number of benzene rings is 2. The third-order valence-electron chi connectivity index (χ3n) is 6.27. The Kier molecular flexibility index (Phi) is 4.35. The first-order chi connectivity index (χ1) is 15.5. The summed E-state index contributed by atoms with van der Waals surface area (Å²) in [7, 11) is 0. The highest BCUT2D eigenvalue weighted by Gasteiger charge is 2.15. The van der Waals surface area contributed by atoms with Crippen molar-refractivity contribution in [1.82, 2.24) is 18.8 Å². The van der Waals surface area contributed by atoms with Crippen LogP contribution in [0.2, 0.25) is 0 Å². The summed E-state index contributed by atoms with van der Waals surface area (Å²) in [4.78, 5) is 11.8. The van der Waals surface area contributed by atoms with Crippen molar-refractivity contribution in [2.45, 2.75) is 27.7 Å². The van der Waals surface area contributed by atoms with Crippen LogP contribution in [0.15, 0.2) is 59.7 Å². The van der Waals surface area contributed by atoms with Crippen LogP contribution < -0.4 is 0 Å². The average molecular weight is 455 g/mol. The number of nitrogens with zero attached hydrogens (tertiary/aromatic N) is 4. The van der Waals surface area contributed by atoms with Crippen LogP contribution in [0.1, 0.15) is 22.4 Å². The van der Waals surface area contributed by atoms with Crippen LogP contribution in [0.25, 0.3) is 43.6 Å². The first-order valence-electron chi connectivity index (χ1n) is 10.6. The number of aryl methyl sites for hydroxylation is 3. The number of hydrogen-bond donors (Lipinski definition) is 0. The molecule has 158 valence electrons. The van der Waals surface area contributed by atoms with Gasteiger partial charge in [0.1, 0.15) is 0 Å². The van der Waals surface area contributed by atoms with Gasteiger partial charge < -0.3 is 0 Å². The van der Waals surface area contributed by atoms with E-state index in [4.69, 9.17) is 9.97 Å². The van der Waals surface area contributed by atoms with E-state index < -0.39 is 0 Å². The molecule has 0 saturated heterocycles. The molecule has 0 aliphatic carbocycles. The fraction of sp³-hybridized carbons (Fsp3) is 0.154. The van der Waals surface area contributed by atoms with Crippen molar-refractivity contribution in [2.24, 2.45) is 0 Å². The van der Waals surface area contributed by atoms with E-state index in [0.29, 0.717) is 0 Å². The topological polar surface area (TPSA) is 34.6 Å². The van der Waals surface area contributed by atoms with Gasteiger partial charge in [0, 0.05) is 46.2 Å². The zero-order chi connectivity index (χ0) is 22.0. The predicted molar refractivity (Wildman–Crippen MR) is 135 cm³/mol. The molecule has 6 aromatic rings. The minimum Gasteiger partial charge on any atom is -0.297 e. The van der Waals surface area contributed by atoms with Gasteiger partial charge in [-0.15, -0.1) is 22.7 Å². The molecule has 0 radical (unpaired) electrons. The van der Waals surface area contributed by atoms with Crippen molar-refractivity contribution < 1.29 is 0 Å². The molecule has 0 N–H and O–H groups in total. The lowest BCUT2D eigenvalue weighted by atomic mass is 9.90. The zero-order valence-electron chi connectivity index (χ0n) is 18.4. The lowest BCUT2D eigenvalue weighted by Crippen LogP contribution is -1.93. The quantitative estimate of drug-likeness (QED) is 0.280. The van der Waals surface area contributed by atoms with Crippen molar-refractivity contribution in [2.75, 3.05) is 0 Å². The maximum Gasteiger partial charge on any atom is 0.194 e. The second-order valence-corrected chi connectivity index (χ2v) is 10.1. The van der Waals surface area contributed by atoms with E-state index in [0.717, 1.165) is 32.4 Å². The van der Waals surface area contributed by atoms with Crippen LogP contribution in [-0.4, -0.2) is 18.8 Å². The van der Waals surface area contributed by atoms with Crippen LogP contribution in [-0.2, 0) is 0 Å². The number of hydrogen-bond acceptors (Lipinski definition) is 4. The van der Waals surface area contributed by atoms with Gasteiger partial charge in [0.2, 0.25) is 0 Å². The first kappa shape index (κ1) is 19.5. The van der Waals surface area contributed by atoms with E-state index in [-0.39, 0.29) is 0 Å². The maximum absolute atomic E-state index is 4.86. The minimum atomic E-state index is 1.01. The van der Waals surface area contributed by atoms with Crippen LogP contribution in [0, 0.1) is 27.7 Å². The normalized spacial score (nSPS) is 11.8. The lowest BCUT2D eigenvalue weighted by Gasteiger charge is -2.15. The Bertz CT molecular complexity index is 1600. The van der Waals surface area contributed by atoms with E-state index in [9.17, 15) is 0 Å². The van der Waals surface area contributed by atoms with Gasteiger partial charge in [-0.25, -0.2) is 9.97 Å². The molecular weight excluding hydrogens is 432 g/mol. The van der Waals surface area contributed by atoms with Gasteiger partial charge >= 0.3 is 0 Å². The summed E-state index contributed by atoms with van der Waals surface area (Å²) in [6.45, 7) is 8.70. The van der Waals surface area contributed by atoms with E-state index in [1.165, 1.54) is 33.5 Å². The Morgan fingerprint density at radius 3 is 2.34 bits per heavy atom. The smallest absolute Gasteiger partial charge is 0.194 e. The molecule has 0 unspecified atom stereocenters. The molecule has 6 heteroatoms. The third kappa shape index (κ3) is 3.02. The van der Waals surface area contributed by atoms with E-state index in [2.05, 4.69) is 96.2 Å². The summed E-state index contributed by atoms with van der Waals surface area (Å²) in [5.41, 5.74) is 11.9. The van der Waals surface area contributed by atoms with Crippen molar-refractivity contribution in [3.63, 3.8) is 0 Å². The molecule has 0 amide bonds. The Morgan fingerprint density at radius 1 is 0.750 bits per heavy atom. The molecule has 0 spiro atoms. The van der Waals surface area contributed by atoms with E-state index in [1.807, 2.05) is 0 Å². The highest BCUT2D eigenvalue weighted by Crippen LogP contribution is 2.36. The standard InChI is InChI=1S/C26H22N4S2/c1-15-5-6-19(24-13-30-17(3)14-32-26(30)28-24)10-21(15)22-11-20(9-16(2)18(22)4)23-12-29-7-8-31-25(29)27-23/h5-14H,1-4H3. The monoisotopic (exact) mass is 454 g/mol. The minimum absolute atomic E-state index is 1.01. The average Bonchev–Trinajstić information content (AvgIpc) is 3.53. The Morgan fingerprint density at radius 2 is 1.53 bits per heavy atom. The molecule has 2 aromatic carbocycles. The van der Waals surface area contributed by atoms with Crippen LogP contribution in [0.5, 0.6) is 0 Å². The van der Waals surface area contributed by atoms with Crippen molar-refractivity contribution >= 4 is 32.6 Å². The van der Waals surface area contributed by atoms with Gasteiger partial charge in [-0.2, -0.15) is 0 Å². The number of imidazole rings is 2. The van der Waals surface area contributed by atoms with Crippen LogP contribution in [0.3, 0.4) is 0 Å². The largest absolute Gasteiger partial charge is 0.297 e. The molecule has 6 rings (SSSR count). The molecule has 0 aliphatic rings. The first-order valence-corrected chi connectivity index (χ1v) is 12.3. The second-order valence-electron chi connectivity index (χ2n) is 8.37. The van der Waals surface area contributed by atoms with E-state index in [1.54, 1.807) is 22.7 Å². The summed E-state index contributed by atoms with van der Waals surface area (Å²) in [5.74, 6) is 0. The summed E-state index contributed by atoms with van der Waals surface area (Å²) < 4.78 is 4.26. The summed E-state index contributed by atoms with van der Waals surface area (Å²) >= 11 is 3.34. The molecule has 0 fully saturated rings. The summed E-state index contributed by atoms with van der Waals surface area (Å²) in [5, 5.41) is 4.21. The summed E-state index contributed by atoms with van der Waals surface area (Å²) in [6.07, 6.45) is 6.31. The zero-order valence-corrected chi connectivity index (χ0v) is 20.0. The summed E-state index contributed by atoms with van der Waals surface area (Å²) in [6, 6.07) is 11.2. The van der Waals surface area contributed by atoms with Crippen molar-refractivity contribution in [3.8, 4) is 33.6 Å². The molecule has 0 saturated carbocycles. The molecule has 32 heavy (non-hydrogen) atoms. The van der Waals surface area contributed by atoms with E-state index >= 15 is 0 Å². The molecule has 0 bridgehead atoms. The Balaban J connectivity index is 1.50. The lowest BCUT2D eigenvalue weighted by molar-refractivity contribution is 1.13. The number of aromatic nitrogens is 4. The molecule has 0 aliphatic heterocycles. The van der Waals surface area contributed by atoms with Crippen LogP contribution >= 0.6 is 22.7 Å². The van der Waals surface area contributed by atoms with Gasteiger partial charge in [-0.1, -0.05) is 12.1 Å². The van der Waals surface area contributed by atoms with Gasteiger partial charge in [0.05, 0.1) is 11.4 Å². The molecule has 4 heterocycles. The SMILES string of the molecule is Cc1ccc(-c2cn3c(C)csc3n2)cc1-c1cc(-c2cn3ccsc3n2)cc(C)c1C. The second kappa shape index (κ2) is 7.15. The molecular formula is C26H22N4S2. The van der Waals surface area contributed by atoms with Crippen molar-refractivity contribution in [3.05, 3.63) is 82.1 Å². The number of fused-ring (bicyclic) bond motifs is 2. The molecule has 4 aromatic heterocycles. The Labute approximate surface area is 194 Å². The van der Waals surface area contributed by atoms with Gasteiger partial charge in [0.15, 0.2) is 9.92 Å². The third-order valence-corrected chi connectivity index (χ3v) is 8.00. The number of rotatable bonds is 3. The molecule has 0 atom stereocenters. The maximum atomic E-state index is 4.86. The number of thiazole rings is 2.